The van der Waals surface area contributed by atoms with E-state index in [0.29, 0.717) is 18.0 Å². The molecule has 10 rings (SSSR count). The predicted octanol–water partition coefficient (Wildman–Crippen LogP) is 5.01. The maximum absolute atomic E-state index is 14.6. The summed E-state index contributed by atoms with van der Waals surface area (Å²) in [5.74, 6) is 2.29. The van der Waals surface area contributed by atoms with E-state index < -0.39 is 42.0 Å². The van der Waals surface area contributed by atoms with Gasteiger partial charge in [-0.2, -0.15) is 15.3 Å². The minimum atomic E-state index is -3.02. The van der Waals surface area contributed by atoms with Gasteiger partial charge in [0, 0.05) is 50.9 Å². The Balaban J connectivity index is 0.699. The number of rotatable bonds is 10. The highest BCUT2D eigenvalue weighted by molar-refractivity contribution is 6.08. The van der Waals surface area contributed by atoms with Crippen molar-refractivity contribution in [3.05, 3.63) is 65.4 Å². The monoisotopic (exact) mass is 885 g/mol. The van der Waals surface area contributed by atoms with Gasteiger partial charge in [0.1, 0.15) is 30.1 Å². The molecule has 4 aliphatic heterocycles. The topological polar surface area (TPSA) is 166 Å². The number of ether oxygens (including phenoxy) is 2. The molecule has 20 heteroatoms. The van der Waals surface area contributed by atoms with Gasteiger partial charge < -0.3 is 24.6 Å². The molecule has 2 N–H and O–H groups in total. The Hall–Kier alpha value is -5.91. The summed E-state index contributed by atoms with van der Waals surface area (Å²) in [6.07, 6.45) is 6.01. The van der Waals surface area contributed by atoms with Crippen LogP contribution in [0.3, 0.4) is 0 Å². The molecule has 0 spiro atoms. The van der Waals surface area contributed by atoms with Crippen molar-refractivity contribution >= 4 is 45.8 Å². The molecular formula is C44H47F4N11O5. The smallest absolute Gasteiger partial charge is 0.297 e. The number of imide groups is 1. The zero-order chi connectivity index (χ0) is 44.3. The summed E-state index contributed by atoms with van der Waals surface area (Å²) in [6, 6.07) is 6.02. The number of nitrogens with zero attached hydrogens (tertiary/aromatic N) is 9. The maximum Gasteiger partial charge on any atom is 0.297 e. The third-order valence-electron chi connectivity index (χ3n) is 13.5. The van der Waals surface area contributed by atoms with Crippen molar-refractivity contribution in [2.45, 2.75) is 93.9 Å². The number of aromatic nitrogens is 7. The van der Waals surface area contributed by atoms with Gasteiger partial charge >= 0.3 is 0 Å². The van der Waals surface area contributed by atoms with Crippen LogP contribution in [0.2, 0.25) is 0 Å². The number of piperidine rings is 2. The van der Waals surface area contributed by atoms with Crippen LogP contribution in [0.1, 0.15) is 97.1 Å². The van der Waals surface area contributed by atoms with Gasteiger partial charge in [0.25, 0.3) is 18.3 Å². The number of alkyl halides is 4. The third-order valence-corrected chi connectivity index (χ3v) is 13.5. The molecule has 4 saturated heterocycles. The summed E-state index contributed by atoms with van der Waals surface area (Å²) in [6.45, 7) is 2.86. The molecule has 4 aromatic heterocycles. The van der Waals surface area contributed by atoms with E-state index in [4.69, 9.17) is 9.47 Å². The number of likely N-dealkylation sites (tertiary alicyclic amines) is 1. The minimum Gasteiger partial charge on any atom is -0.368 e. The maximum atomic E-state index is 14.6. The SMILES string of the molecule is Cn1nc(C2CCC(=O)NC2=O)c2cccc(C#CCOC3CCN(CC4CCC(n5cc(NC(=O)c6cnn7ccc(N8C[C@@H]9OC[C@H]8C9(F)F)nc67)c(C(F)F)n5)CC4)CC3)c21. The van der Waals surface area contributed by atoms with Gasteiger partial charge in [0.05, 0.1) is 59.9 Å². The van der Waals surface area contributed by atoms with Crippen molar-refractivity contribution < 1.29 is 41.4 Å². The molecule has 3 atom stereocenters. The van der Waals surface area contributed by atoms with Crippen LogP contribution in [0.15, 0.2) is 42.9 Å². The predicted molar refractivity (Wildman–Crippen MR) is 223 cm³/mol. The van der Waals surface area contributed by atoms with Gasteiger partial charge in [0.2, 0.25) is 11.8 Å². The van der Waals surface area contributed by atoms with Gasteiger partial charge in [-0.05, 0) is 63.0 Å². The minimum absolute atomic E-state index is 0.00594. The highest BCUT2D eigenvalue weighted by Gasteiger charge is 2.62. The first kappa shape index (κ1) is 42.1. The fraction of sp³-hybridized carbons (Fsp3) is 0.523. The number of morpholine rings is 1. The van der Waals surface area contributed by atoms with Gasteiger partial charge in [-0.1, -0.05) is 24.0 Å². The zero-order valence-electron chi connectivity index (χ0n) is 35.1. The number of benzene rings is 1. The summed E-state index contributed by atoms with van der Waals surface area (Å²) in [5, 5.41) is 18.9. The number of nitrogens with one attached hydrogen (secondary N) is 2. The normalized spacial score (nSPS) is 25.0. The van der Waals surface area contributed by atoms with Crippen LogP contribution in [0.4, 0.5) is 29.1 Å². The number of halogens is 4. The molecule has 16 nitrogen and oxygen atoms in total. The fourth-order valence-corrected chi connectivity index (χ4v) is 10.1. The van der Waals surface area contributed by atoms with Crippen molar-refractivity contribution in [1.82, 2.24) is 44.4 Å². The van der Waals surface area contributed by atoms with Crippen molar-refractivity contribution in [1.29, 1.82) is 0 Å². The summed E-state index contributed by atoms with van der Waals surface area (Å²) in [4.78, 5) is 46.2. The van der Waals surface area contributed by atoms with Crippen molar-refractivity contribution in [3.8, 4) is 11.8 Å². The van der Waals surface area contributed by atoms with Crippen LogP contribution in [0.25, 0.3) is 16.6 Å². The lowest BCUT2D eigenvalue weighted by Crippen LogP contribution is -2.40. The lowest BCUT2D eigenvalue weighted by molar-refractivity contribution is -0.134. The molecule has 3 amide bonds. The average molecular weight is 886 g/mol. The average Bonchev–Trinajstić information content (AvgIpc) is 4.10. The lowest BCUT2D eigenvalue weighted by Gasteiger charge is -2.36. The zero-order valence-corrected chi connectivity index (χ0v) is 35.1. The highest BCUT2D eigenvalue weighted by atomic mass is 19.3. The van der Waals surface area contributed by atoms with E-state index in [0.717, 1.165) is 74.6 Å². The van der Waals surface area contributed by atoms with Gasteiger partial charge in [-0.15, -0.1) is 0 Å². The van der Waals surface area contributed by atoms with Crippen LogP contribution in [0.5, 0.6) is 0 Å². The standard InChI is InChI=1S/C44H47F4N11O5/c1-55-39-26(4-2-6-29(39)37(53-55)30-11-12-36(60)52-42(30)61)5-3-19-63-28-13-16-56(17-14-28)21-25-7-9-27(10-8-25)59-22-32(38(54-59)40(45)46)50-43(62)31-20-49-58-18-15-35(51-41(31)58)57-23-34-44(47,48)33(57)24-64-34/h2,4,6,15,18,20,22,25,27-28,30,33-34,40H,7-14,16-17,19,21,23-24H2,1H3,(H,50,62)(H,52,60,61)/t25?,27?,30?,33-,34-/m0/s1. The number of para-hydroxylation sites is 1. The fourth-order valence-electron chi connectivity index (χ4n) is 10.1. The summed E-state index contributed by atoms with van der Waals surface area (Å²) < 4.78 is 73.7. The molecule has 336 valence electrons. The van der Waals surface area contributed by atoms with E-state index in [-0.39, 0.29) is 72.9 Å². The van der Waals surface area contributed by atoms with Gasteiger partial charge in [0.15, 0.2) is 11.3 Å². The van der Waals surface area contributed by atoms with Crippen LogP contribution in [-0.4, -0.2) is 120 Å². The molecule has 1 unspecified atom stereocenters. The van der Waals surface area contributed by atoms with Crippen LogP contribution < -0.4 is 15.5 Å². The molecule has 5 aromatic rings. The van der Waals surface area contributed by atoms with E-state index >= 15 is 0 Å². The summed E-state index contributed by atoms with van der Waals surface area (Å²) in [5.41, 5.74) is 1.76. The quantitative estimate of drug-likeness (QED) is 0.110. The molecule has 64 heavy (non-hydrogen) atoms. The Labute approximate surface area is 364 Å². The second-order valence-electron chi connectivity index (χ2n) is 17.4. The van der Waals surface area contributed by atoms with E-state index in [1.807, 2.05) is 25.2 Å². The lowest BCUT2D eigenvalue weighted by atomic mass is 9.85. The number of hydrogen-bond acceptors (Lipinski definition) is 11. The first-order valence-electron chi connectivity index (χ1n) is 21.8. The molecule has 1 aromatic carbocycles. The number of hydrogen-bond donors (Lipinski definition) is 2. The third kappa shape index (κ3) is 7.87. The molecule has 5 aliphatic rings. The highest BCUT2D eigenvalue weighted by Crippen LogP contribution is 2.43. The van der Waals surface area contributed by atoms with Crippen LogP contribution >= 0.6 is 0 Å². The Bertz CT molecular complexity index is 2670. The Kier molecular flexibility index (Phi) is 11.1. The molecular weight excluding hydrogens is 839 g/mol. The Morgan fingerprint density at radius 3 is 2.62 bits per heavy atom. The molecule has 5 fully saturated rings. The molecule has 8 heterocycles. The molecule has 1 saturated carbocycles. The number of carbonyl (C=O) groups excluding carboxylic acids is 3. The number of fused-ring (bicyclic) bond motifs is 4. The van der Waals surface area contributed by atoms with Crippen LogP contribution in [0, 0.1) is 17.8 Å². The van der Waals surface area contributed by atoms with Crippen molar-refractivity contribution in [3.63, 3.8) is 0 Å². The second-order valence-corrected chi connectivity index (χ2v) is 17.4. The second kappa shape index (κ2) is 16.9. The van der Waals surface area contributed by atoms with Gasteiger partial charge in [-0.3, -0.25) is 29.1 Å². The Morgan fingerprint density at radius 2 is 1.89 bits per heavy atom. The summed E-state index contributed by atoms with van der Waals surface area (Å²) >= 11 is 0. The van der Waals surface area contributed by atoms with Crippen molar-refractivity contribution in [2.75, 3.05) is 49.6 Å². The number of carbonyl (C=O) groups is 3. The first-order chi connectivity index (χ1) is 30.9. The molecule has 1 aliphatic carbocycles. The van der Waals surface area contributed by atoms with Crippen molar-refractivity contribution in [2.24, 2.45) is 13.0 Å². The Morgan fingerprint density at radius 1 is 1.08 bits per heavy atom. The van der Waals surface area contributed by atoms with Gasteiger partial charge in [-0.25, -0.2) is 27.1 Å². The van der Waals surface area contributed by atoms with E-state index in [1.165, 1.54) is 28.0 Å². The number of amides is 3. The van der Waals surface area contributed by atoms with E-state index in [1.54, 1.807) is 15.4 Å². The summed E-state index contributed by atoms with van der Waals surface area (Å²) in [7, 11) is 1.83. The first-order valence-corrected chi connectivity index (χ1v) is 21.8. The number of aryl methyl sites for hydroxylation is 1. The largest absolute Gasteiger partial charge is 0.368 e. The molecule has 2 bridgehead atoms. The molecule has 0 radical (unpaired) electrons. The van der Waals surface area contributed by atoms with Crippen LogP contribution in [-0.2, 0) is 26.1 Å². The number of anilines is 2. The van der Waals surface area contributed by atoms with E-state index in [2.05, 4.69) is 47.7 Å². The van der Waals surface area contributed by atoms with E-state index in [9.17, 15) is 31.9 Å².